The first-order valence-corrected chi connectivity index (χ1v) is 11.8. The third-order valence-electron chi connectivity index (χ3n) is 4.55. The molecule has 0 aliphatic heterocycles. The standard InChI is InChI=1S/C24H22O4.C4H6O.C4H8.CH2O/c1-16(2)24(25)28-21-12-5-17(6-13-21)19-9-14-22(23(15-19)27-4)18-7-10-20(26-3)11-8-18;1-4(2)3-5;1-4(2)3;1-2/h5-15H,1H2,2-4H3;3H,1H2,2H3;1H2,2-3H3;1H2. The predicted molar refractivity (Wildman–Crippen MR) is 159 cm³/mol. The average molecular weight is 531 g/mol. The second kappa shape index (κ2) is 18.5. The van der Waals surface area contributed by atoms with Gasteiger partial charge in [0.05, 0.1) is 14.2 Å². The summed E-state index contributed by atoms with van der Waals surface area (Å²) in [5.41, 5.74) is 6.15. The van der Waals surface area contributed by atoms with Crippen LogP contribution in [0.5, 0.6) is 17.2 Å². The number of hydrogen-bond donors (Lipinski definition) is 0. The zero-order chi connectivity index (χ0) is 30.0. The Balaban J connectivity index is 0.00000112. The van der Waals surface area contributed by atoms with Crippen LogP contribution in [0.25, 0.3) is 22.3 Å². The quantitative estimate of drug-likeness (QED) is 0.102. The molecule has 0 heterocycles. The van der Waals surface area contributed by atoms with E-state index in [9.17, 15) is 9.59 Å². The van der Waals surface area contributed by atoms with E-state index in [4.69, 9.17) is 19.0 Å². The summed E-state index contributed by atoms with van der Waals surface area (Å²) in [7, 11) is 3.31. The van der Waals surface area contributed by atoms with Crippen LogP contribution < -0.4 is 14.2 Å². The number of esters is 1. The monoisotopic (exact) mass is 530 g/mol. The number of allylic oxidation sites excluding steroid dienone is 2. The smallest absolute Gasteiger partial charge is 0.338 e. The largest absolute Gasteiger partial charge is 0.497 e. The lowest BCUT2D eigenvalue weighted by Crippen LogP contribution is -2.07. The predicted octanol–water partition coefficient (Wildman–Crippen LogP) is 7.68. The van der Waals surface area contributed by atoms with Gasteiger partial charge in [0.25, 0.3) is 0 Å². The topological polar surface area (TPSA) is 78.9 Å². The minimum Gasteiger partial charge on any atom is -0.497 e. The molecule has 6 heteroatoms. The molecule has 0 fully saturated rings. The fraction of sp³-hybridized carbons (Fsp3) is 0.182. The maximum atomic E-state index is 11.6. The highest BCUT2D eigenvalue weighted by molar-refractivity contribution is 5.88. The van der Waals surface area contributed by atoms with Gasteiger partial charge in [0.1, 0.15) is 30.3 Å². The van der Waals surface area contributed by atoms with Gasteiger partial charge in [-0.1, -0.05) is 55.1 Å². The third-order valence-corrected chi connectivity index (χ3v) is 4.55. The Labute approximate surface area is 232 Å². The molecule has 0 radical (unpaired) electrons. The number of hydrogen-bond acceptors (Lipinski definition) is 6. The summed E-state index contributed by atoms with van der Waals surface area (Å²) in [6, 6.07) is 21.3. The summed E-state index contributed by atoms with van der Waals surface area (Å²) in [6.07, 6.45) is 0.722. The molecule has 39 heavy (non-hydrogen) atoms. The lowest BCUT2D eigenvalue weighted by molar-refractivity contribution is -0.130. The molecule has 3 rings (SSSR count). The van der Waals surface area contributed by atoms with Crippen LogP contribution in [0.3, 0.4) is 0 Å². The average Bonchev–Trinajstić information content (AvgIpc) is 2.94. The number of carbonyl (C=O) groups excluding carboxylic acids is 3. The Morgan fingerprint density at radius 3 is 1.54 bits per heavy atom. The zero-order valence-corrected chi connectivity index (χ0v) is 23.7. The van der Waals surface area contributed by atoms with Gasteiger partial charge in [-0.25, -0.2) is 4.79 Å². The molecule has 0 N–H and O–H groups in total. The number of carbonyl (C=O) groups is 3. The van der Waals surface area contributed by atoms with Crippen LogP contribution in [-0.2, 0) is 14.4 Å². The highest BCUT2D eigenvalue weighted by Crippen LogP contribution is 2.35. The fourth-order valence-electron chi connectivity index (χ4n) is 2.79. The Morgan fingerprint density at radius 1 is 0.692 bits per heavy atom. The minimum atomic E-state index is -0.432. The van der Waals surface area contributed by atoms with Crippen molar-refractivity contribution in [3.8, 4) is 39.5 Å². The molecule has 0 saturated carbocycles. The van der Waals surface area contributed by atoms with Gasteiger partial charge in [0.15, 0.2) is 0 Å². The first kappa shape index (κ1) is 34.3. The van der Waals surface area contributed by atoms with Crippen LogP contribution in [0.1, 0.15) is 27.7 Å². The third kappa shape index (κ3) is 12.9. The molecule has 206 valence electrons. The molecule has 0 aliphatic carbocycles. The summed E-state index contributed by atoms with van der Waals surface area (Å²) in [6.45, 7) is 19.7. The van der Waals surface area contributed by atoms with E-state index in [2.05, 4.69) is 19.7 Å². The maximum absolute atomic E-state index is 11.6. The molecule has 0 amide bonds. The van der Waals surface area contributed by atoms with E-state index in [-0.39, 0.29) is 0 Å². The van der Waals surface area contributed by atoms with Crippen molar-refractivity contribution in [3.05, 3.63) is 103 Å². The van der Waals surface area contributed by atoms with Gasteiger partial charge >= 0.3 is 5.97 Å². The lowest BCUT2D eigenvalue weighted by Gasteiger charge is -2.12. The van der Waals surface area contributed by atoms with Gasteiger partial charge in [-0.15, -0.1) is 6.58 Å². The Kier molecular flexibility index (Phi) is 16.3. The summed E-state index contributed by atoms with van der Waals surface area (Å²) < 4.78 is 16.1. The highest BCUT2D eigenvalue weighted by Gasteiger charge is 2.10. The van der Waals surface area contributed by atoms with Gasteiger partial charge in [-0.05, 0) is 80.3 Å². The molecule has 6 nitrogen and oxygen atoms in total. The van der Waals surface area contributed by atoms with Crippen LogP contribution in [0.2, 0.25) is 0 Å². The highest BCUT2D eigenvalue weighted by atomic mass is 16.5. The van der Waals surface area contributed by atoms with Crippen LogP contribution >= 0.6 is 0 Å². The molecular weight excluding hydrogens is 492 g/mol. The van der Waals surface area contributed by atoms with E-state index in [0.717, 1.165) is 40.0 Å². The van der Waals surface area contributed by atoms with E-state index in [1.54, 1.807) is 40.2 Å². The molecule has 0 saturated heterocycles. The van der Waals surface area contributed by atoms with Crippen LogP contribution in [0, 0.1) is 0 Å². The molecule has 0 bridgehead atoms. The van der Waals surface area contributed by atoms with Crippen LogP contribution in [-0.4, -0.2) is 33.3 Å². The Morgan fingerprint density at radius 2 is 1.13 bits per heavy atom. The fourth-order valence-corrected chi connectivity index (χ4v) is 2.79. The normalized spacial score (nSPS) is 8.97. The molecule has 0 aromatic heterocycles. The molecular formula is C33H38O6. The van der Waals surface area contributed by atoms with Crippen molar-refractivity contribution in [1.29, 1.82) is 0 Å². The van der Waals surface area contributed by atoms with Crippen LogP contribution in [0.4, 0.5) is 0 Å². The Hall–Kier alpha value is -4.71. The zero-order valence-electron chi connectivity index (χ0n) is 23.7. The van der Waals surface area contributed by atoms with Crippen LogP contribution in [0.15, 0.2) is 103 Å². The van der Waals surface area contributed by atoms with Crippen molar-refractivity contribution in [1.82, 2.24) is 0 Å². The van der Waals surface area contributed by atoms with Gasteiger partial charge in [0, 0.05) is 11.1 Å². The van der Waals surface area contributed by atoms with Gasteiger partial charge in [-0.2, -0.15) is 0 Å². The second-order valence-electron chi connectivity index (χ2n) is 8.51. The molecule has 0 spiro atoms. The van der Waals surface area contributed by atoms with Crippen molar-refractivity contribution in [2.24, 2.45) is 0 Å². The minimum absolute atomic E-state index is 0.364. The van der Waals surface area contributed by atoms with Crippen molar-refractivity contribution >= 4 is 19.0 Å². The molecule has 0 atom stereocenters. The first-order chi connectivity index (χ1) is 18.5. The molecule has 3 aromatic rings. The van der Waals surface area contributed by atoms with Crippen molar-refractivity contribution in [2.75, 3.05) is 14.2 Å². The second-order valence-corrected chi connectivity index (χ2v) is 8.51. The van der Waals surface area contributed by atoms with E-state index in [1.807, 2.05) is 75.2 Å². The summed E-state index contributed by atoms with van der Waals surface area (Å²) in [5.74, 6) is 1.64. The number of methoxy groups -OCH3 is 2. The van der Waals surface area contributed by atoms with Gasteiger partial charge < -0.3 is 19.0 Å². The molecule has 0 unspecified atom stereocenters. The van der Waals surface area contributed by atoms with Crippen molar-refractivity contribution in [2.45, 2.75) is 27.7 Å². The number of ether oxygens (including phenoxy) is 3. The number of rotatable bonds is 7. The van der Waals surface area contributed by atoms with E-state index >= 15 is 0 Å². The number of benzene rings is 3. The van der Waals surface area contributed by atoms with Gasteiger partial charge in [-0.3, -0.25) is 4.79 Å². The van der Waals surface area contributed by atoms with E-state index in [0.29, 0.717) is 16.9 Å². The van der Waals surface area contributed by atoms with Crippen molar-refractivity contribution < 1.29 is 28.6 Å². The Bertz CT molecular complexity index is 1230. The maximum Gasteiger partial charge on any atom is 0.338 e. The summed E-state index contributed by atoms with van der Waals surface area (Å²) in [4.78, 5) is 29.0. The SMILES string of the molecule is C=C(C)C.C=C(C)C(=O)Oc1ccc(-c2ccc(-c3ccc(OC)cc3)c(OC)c2)cc1.C=C(C)C=O.C=O. The van der Waals surface area contributed by atoms with E-state index < -0.39 is 5.97 Å². The van der Waals surface area contributed by atoms with E-state index in [1.165, 1.54) is 5.57 Å². The number of aldehydes is 1. The lowest BCUT2D eigenvalue weighted by atomic mass is 9.99. The first-order valence-electron chi connectivity index (χ1n) is 11.8. The molecule has 3 aromatic carbocycles. The summed E-state index contributed by atoms with van der Waals surface area (Å²) in [5, 5.41) is 0. The molecule has 0 aliphatic rings. The van der Waals surface area contributed by atoms with Gasteiger partial charge in [0.2, 0.25) is 0 Å². The summed E-state index contributed by atoms with van der Waals surface area (Å²) >= 11 is 0. The van der Waals surface area contributed by atoms with Crippen molar-refractivity contribution in [3.63, 3.8) is 0 Å².